The summed E-state index contributed by atoms with van der Waals surface area (Å²) >= 11 is 0. The average molecular weight is 460 g/mol. The highest BCUT2D eigenvalue weighted by atomic mass is 16.6. The Balaban J connectivity index is 1.42. The number of hydrogen-bond acceptors (Lipinski definition) is 7. The van der Waals surface area contributed by atoms with Gasteiger partial charge >= 0.3 is 0 Å². The van der Waals surface area contributed by atoms with Gasteiger partial charge in [0.25, 0.3) is 23.4 Å². The molecule has 172 valence electrons. The van der Waals surface area contributed by atoms with Crippen molar-refractivity contribution in [3.63, 3.8) is 0 Å². The van der Waals surface area contributed by atoms with Crippen LogP contribution in [0.4, 0.5) is 17.1 Å². The minimum atomic E-state index is -0.603. The van der Waals surface area contributed by atoms with E-state index in [1.165, 1.54) is 25.3 Å². The summed E-state index contributed by atoms with van der Waals surface area (Å²) in [7, 11) is 1.53. The fourth-order valence-corrected chi connectivity index (χ4v) is 3.60. The third kappa shape index (κ3) is 4.42. The molecule has 0 unspecified atom stereocenters. The van der Waals surface area contributed by atoms with Gasteiger partial charge in [-0.2, -0.15) is 0 Å². The molecule has 0 aromatic heterocycles. The Morgan fingerprint density at radius 1 is 1.00 bits per heavy atom. The summed E-state index contributed by atoms with van der Waals surface area (Å²) in [6, 6.07) is 17.2. The van der Waals surface area contributed by atoms with E-state index < -0.39 is 22.6 Å². The Morgan fingerprint density at radius 3 is 2.24 bits per heavy atom. The lowest BCUT2D eigenvalue weighted by molar-refractivity contribution is -0.384. The monoisotopic (exact) mass is 460 g/mol. The van der Waals surface area contributed by atoms with Gasteiger partial charge in [0.2, 0.25) is 0 Å². The van der Waals surface area contributed by atoms with Gasteiger partial charge in [-0.15, -0.1) is 0 Å². The third-order valence-corrected chi connectivity index (χ3v) is 5.33. The molecule has 0 aliphatic carbocycles. The van der Waals surface area contributed by atoms with Gasteiger partial charge in [0, 0.05) is 30.4 Å². The molecule has 3 aromatic carbocycles. The summed E-state index contributed by atoms with van der Waals surface area (Å²) < 4.78 is 5.07. The summed E-state index contributed by atoms with van der Waals surface area (Å²) in [5.74, 6) is -0.680. The first-order valence-electron chi connectivity index (χ1n) is 10.3. The molecular formula is C24H20N4O6. The number of hydrogen-bond donors (Lipinski definition) is 2. The van der Waals surface area contributed by atoms with Crippen LogP contribution in [0.2, 0.25) is 0 Å². The van der Waals surface area contributed by atoms with Gasteiger partial charge in [-0.05, 0) is 48.5 Å². The molecule has 10 heteroatoms. The molecule has 1 heterocycles. The molecule has 2 N–H and O–H groups in total. The highest BCUT2D eigenvalue weighted by Crippen LogP contribution is 2.27. The van der Waals surface area contributed by atoms with Crippen molar-refractivity contribution in [2.45, 2.75) is 0 Å². The molecule has 0 fully saturated rings. The van der Waals surface area contributed by atoms with Crippen LogP contribution in [-0.4, -0.2) is 47.7 Å². The van der Waals surface area contributed by atoms with Crippen LogP contribution in [0.25, 0.3) is 0 Å². The van der Waals surface area contributed by atoms with Gasteiger partial charge in [-0.3, -0.25) is 29.4 Å². The molecule has 0 spiro atoms. The first-order chi connectivity index (χ1) is 16.4. The van der Waals surface area contributed by atoms with E-state index >= 15 is 0 Å². The number of nitro benzene ring substituents is 1. The zero-order valence-electron chi connectivity index (χ0n) is 18.1. The van der Waals surface area contributed by atoms with Crippen LogP contribution in [-0.2, 0) is 0 Å². The molecule has 4 rings (SSSR count). The van der Waals surface area contributed by atoms with Gasteiger partial charge < -0.3 is 15.4 Å². The second kappa shape index (κ2) is 9.41. The van der Waals surface area contributed by atoms with Crippen molar-refractivity contribution >= 4 is 34.8 Å². The van der Waals surface area contributed by atoms with Crippen LogP contribution in [0.3, 0.4) is 0 Å². The van der Waals surface area contributed by atoms with Crippen molar-refractivity contribution in [3.05, 3.63) is 93.5 Å². The first-order valence-corrected chi connectivity index (χ1v) is 10.3. The predicted molar refractivity (Wildman–Crippen MR) is 124 cm³/mol. The second-order valence-electron chi connectivity index (χ2n) is 7.41. The summed E-state index contributed by atoms with van der Waals surface area (Å²) in [5, 5.41) is 17.2. The van der Waals surface area contributed by atoms with Gasteiger partial charge in [0.15, 0.2) is 0 Å². The molecule has 0 atom stereocenters. The number of carbonyl (C=O) groups is 3. The molecule has 0 radical (unpaired) electrons. The van der Waals surface area contributed by atoms with Crippen molar-refractivity contribution in [2.24, 2.45) is 0 Å². The van der Waals surface area contributed by atoms with Crippen LogP contribution >= 0.6 is 0 Å². The number of nitrogens with zero attached hydrogens (tertiary/aromatic N) is 2. The maximum atomic E-state index is 12.6. The number of nitro groups is 1. The summed E-state index contributed by atoms with van der Waals surface area (Å²) in [6.45, 7) is 0.132. The molecule has 3 aromatic rings. The third-order valence-electron chi connectivity index (χ3n) is 5.33. The van der Waals surface area contributed by atoms with Gasteiger partial charge in [-0.1, -0.05) is 12.1 Å². The summed E-state index contributed by atoms with van der Waals surface area (Å²) in [6.07, 6.45) is 0. The van der Waals surface area contributed by atoms with Crippen LogP contribution in [0, 0.1) is 10.1 Å². The summed E-state index contributed by atoms with van der Waals surface area (Å²) in [4.78, 5) is 49.5. The highest BCUT2D eigenvalue weighted by Gasteiger charge is 2.34. The van der Waals surface area contributed by atoms with E-state index in [1.54, 1.807) is 48.5 Å². The number of anilines is 2. The lowest BCUT2D eigenvalue weighted by Crippen LogP contribution is -2.34. The fourth-order valence-electron chi connectivity index (χ4n) is 3.60. The van der Waals surface area contributed by atoms with Crippen molar-refractivity contribution in [1.82, 2.24) is 4.90 Å². The quantitative estimate of drug-likeness (QED) is 0.298. The number of nitrogens with one attached hydrogen (secondary N) is 2. The fraction of sp³-hybridized carbons (Fsp3) is 0.125. The number of imide groups is 1. The number of fused-ring (bicyclic) bond motifs is 1. The number of carbonyl (C=O) groups excluding carboxylic acids is 3. The molecular weight excluding hydrogens is 440 g/mol. The number of methoxy groups -OCH3 is 1. The van der Waals surface area contributed by atoms with Crippen LogP contribution in [0.1, 0.15) is 31.1 Å². The molecule has 0 saturated heterocycles. The van der Waals surface area contributed by atoms with E-state index in [2.05, 4.69) is 10.6 Å². The lowest BCUT2D eigenvalue weighted by atomic mass is 10.1. The molecule has 0 saturated carbocycles. The van der Waals surface area contributed by atoms with Gasteiger partial charge in [0.1, 0.15) is 11.4 Å². The molecule has 10 nitrogen and oxygen atoms in total. The zero-order valence-corrected chi connectivity index (χ0v) is 18.1. The second-order valence-corrected chi connectivity index (χ2v) is 7.41. The predicted octanol–water partition coefficient (Wildman–Crippen LogP) is 3.56. The minimum Gasteiger partial charge on any atom is -0.497 e. The highest BCUT2D eigenvalue weighted by molar-refractivity contribution is 6.21. The Hall–Kier alpha value is -4.73. The molecule has 1 aliphatic heterocycles. The Bertz CT molecular complexity index is 1250. The number of rotatable bonds is 8. The topological polar surface area (TPSA) is 131 Å². The van der Waals surface area contributed by atoms with Crippen molar-refractivity contribution < 1.29 is 24.0 Å². The Morgan fingerprint density at radius 2 is 1.65 bits per heavy atom. The van der Waals surface area contributed by atoms with E-state index in [-0.39, 0.29) is 30.0 Å². The van der Waals surface area contributed by atoms with Gasteiger partial charge in [-0.25, -0.2) is 0 Å². The van der Waals surface area contributed by atoms with Crippen LogP contribution in [0.15, 0.2) is 66.7 Å². The standard InChI is InChI=1S/C24H20N4O6/c1-34-17-9-7-16(8-10-17)26-22(29)15-6-11-20(21(14-15)28(32)33)25-12-13-27-23(30)18-4-2-3-5-19(18)24(27)31/h2-11,14,25H,12-13H2,1H3,(H,26,29). The summed E-state index contributed by atoms with van der Waals surface area (Å²) in [5.41, 5.74) is 1.16. The van der Waals surface area contributed by atoms with Gasteiger partial charge in [0.05, 0.1) is 23.2 Å². The molecule has 3 amide bonds. The lowest BCUT2D eigenvalue weighted by Gasteiger charge is -2.15. The number of amides is 3. The van der Waals surface area contributed by atoms with E-state index in [0.717, 1.165) is 4.90 Å². The number of ether oxygens (including phenoxy) is 1. The average Bonchev–Trinajstić information content (AvgIpc) is 3.09. The molecule has 0 bridgehead atoms. The van der Waals surface area contributed by atoms with Crippen molar-refractivity contribution in [1.29, 1.82) is 0 Å². The van der Waals surface area contributed by atoms with E-state index in [0.29, 0.717) is 22.6 Å². The van der Waals surface area contributed by atoms with Crippen molar-refractivity contribution in [3.8, 4) is 5.75 Å². The van der Waals surface area contributed by atoms with Crippen LogP contribution in [0.5, 0.6) is 5.75 Å². The SMILES string of the molecule is COc1ccc(NC(=O)c2ccc(NCCN3C(=O)c4ccccc4C3=O)c([N+](=O)[O-])c2)cc1. The minimum absolute atomic E-state index is 0.0310. The van der Waals surface area contributed by atoms with Crippen LogP contribution < -0.4 is 15.4 Å². The molecule has 34 heavy (non-hydrogen) atoms. The Kier molecular flexibility index (Phi) is 6.22. The smallest absolute Gasteiger partial charge is 0.293 e. The Labute approximate surface area is 194 Å². The largest absolute Gasteiger partial charge is 0.497 e. The van der Waals surface area contributed by atoms with E-state index in [4.69, 9.17) is 4.74 Å². The van der Waals surface area contributed by atoms with Crippen molar-refractivity contribution in [2.75, 3.05) is 30.8 Å². The van der Waals surface area contributed by atoms with E-state index in [9.17, 15) is 24.5 Å². The zero-order chi connectivity index (χ0) is 24.2. The maximum absolute atomic E-state index is 12.6. The first kappa shape index (κ1) is 22.5. The number of benzene rings is 3. The molecule has 1 aliphatic rings. The maximum Gasteiger partial charge on any atom is 0.293 e. The normalized spacial score (nSPS) is 12.3. The van der Waals surface area contributed by atoms with E-state index in [1.807, 2.05) is 0 Å².